The lowest BCUT2D eigenvalue weighted by atomic mass is 10.1. The minimum atomic E-state index is -0.964. The molecule has 0 radical (unpaired) electrons. The third-order valence-corrected chi connectivity index (χ3v) is 7.75. The molecule has 4 aromatic rings. The van der Waals surface area contributed by atoms with Crippen LogP contribution in [0.4, 0.5) is 20.3 Å². The quantitative estimate of drug-likeness (QED) is 0.310. The molecule has 1 fully saturated rings. The lowest BCUT2D eigenvalue weighted by Gasteiger charge is -2.33. The Kier molecular flexibility index (Phi) is 7.66. The molecule has 0 saturated carbocycles. The van der Waals surface area contributed by atoms with Crippen LogP contribution in [0, 0.1) is 5.82 Å². The number of imidazole rings is 1. The molecular formula is C27H31FN6O2S. The third-order valence-electron chi connectivity index (χ3n) is 6.83. The van der Waals surface area contributed by atoms with Gasteiger partial charge in [0.05, 0.1) is 23.3 Å². The van der Waals surface area contributed by atoms with Crippen molar-refractivity contribution in [1.82, 2.24) is 19.4 Å². The highest BCUT2D eigenvalue weighted by atomic mass is 32.1. The lowest BCUT2D eigenvalue weighted by molar-refractivity contribution is 0.195. The van der Waals surface area contributed by atoms with E-state index >= 15 is 0 Å². The molecule has 1 amide bonds. The number of fused-ring (bicyclic) bond motifs is 1. The maximum Gasteiger partial charge on any atom is 0.413 e. The number of carboxylic acid groups (broad SMARTS) is 1. The Labute approximate surface area is 219 Å². The van der Waals surface area contributed by atoms with E-state index in [1.54, 1.807) is 0 Å². The number of rotatable bonds is 9. The molecule has 8 nitrogen and oxygen atoms in total. The molecule has 2 aromatic carbocycles. The Hall–Kier alpha value is -3.50. The van der Waals surface area contributed by atoms with Crippen molar-refractivity contribution in [3.05, 3.63) is 71.0 Å². The van der Waals surface area contributed by atoms with Crippen molar-refractivity contribution >= 4 is 39.5 Å². The Morgan fingerprint density at radius 3 is 2.62 bits per heavy atom. The van der Waals surface area contributed by atoms with E-state index in [-0.39, 0.29) is 11.9 Å². The van der Waals surface area contributed by atoms with Gasteiger partial charge in [-0.3, -0.25) is 4.90 Å². The topological polar surface area (TPSA) is 86.5 Å². The summed E-state index contributed by atoms with van der Waals surface area (Å²) >= 11 is 1.38. The summed E-state index contributed by atoms with van der Waals surface area (Å²) in [5, 5.41) is 15.8. The van der Waals surface area contributed by atoms with Crippen molar-refractivity contribution < 1.29 is 14.3 Å². The van der Waals surface area contributed by atoms with Crippen LogP contribution in [-0.2, 0) is 13.0 Å². The summed E-state index contributed by atoms with van der Waals surface area (Å²) in [5.41, 5.74) is 3.89. The summed E-state index contributed by atoms with van der Waals surface area (Å²) in [6, 6.07) is 14.9. The number of aryl methyl sites for hydroxylation is 1. The molecule has 0 atom stereocenters. The van der Waals surface area contributed by atoms with Crippen LogP contribution in [0.15, 0.2) is 53.9 Å². The SMILES string of the molecule is CCc1csc(N(CCN2CCC(Nc3nc4ccccc4n3Cc3ccc(F)cc3)CC2)C(=O)O)n1. The number of likely N-dealkylation sites (tertiary alicyclic amines) is 1. The first kappa shape index (κ1) is 25.2. The average molecular weight is 523 g/mol. The van der Waals surface area contributed by atoms with Crippen molar-refractivity contribution in [1.29, 1.82) is 0 Å². The predicted molar refractivity (Wildman–Crippen MR) is 145 cm³/mol. The Morgan fingerprint density at radius 2 is 1.92 bits per heavy atom. The van der Waals surface area contributed by atoms with E-state index in [9.17, 15) is 14.3 Å². The largest absolute Gasteiger partial charge is 0.465 e. The van der Waals surface area contributed by atoms with Gasteiger partial charge in [-0.1, -0.05) is 31.2 Å². The number of hydrogen-bond donors (Lipinski definition) is 2. The number of halogens is 1. The van der Waals surface area contributed by atoms with Gasteiger partial charge in [-0.25, -0.2) is 19.2 Å². The number of anilines is 2. The summed E-state index contributed by atoms with van der Waals surface area (Å²) < 4.78 is 15.6. The summed E-state index contributed by atoms with van der Waals surface area (Å²) in [5.74, 6) is 0.574. The summed E-state index contributed by atoms with van der Waals surface area (Å²) in [6.07, 6.45) is 1.70. The van der Waals surface area contributed by atoms with E-state index in [0.29, 0.717) is 24.8 Å². The van der Waals surface area contributed by atoms with Crippen LogP contribution in [0.1, 0.15) is 31.0 Å². The van der Waals surface area contributed by atoms with Crippen molar-refractivity contribution in [3.63, 3.8) is 0 Å². The first-order chi connectivity index (χ1) is 18.0. The van der Waals surface area contributed by atoms with Crippen LogP contribution in [0.5, 0.6) is 0 Å². The number of para-hydroxylation sites is 2. The highest BCUT2D eigenvalue weighted by molar-refractivity contribution is 7.14. The second-order valence-corrected chi connectivity index (χ2v) is 10.1. The summed E-state index contributed by atoms with van der Waals surface area (Å²) in [4.78, 5) is 24.8. The van der Waals surface area contributed by atoms with E-state index in [1.807, 2.05) is 42.6 Å². The van der Waals surface area contributed by atoms with Crippen LogP contribution in [0.25, 0.3) is 11.0 Å². The zero-order valence-corrected chi connectivity index (χ0v) is 21.6. The molecule has 0 aliphatic carbocycles. The van der Waals surface area contributed by atoms with Gasteiger partial charge in [0.25, 0.3) is 0 Å². The minimum Gasteiger partial charge on any atom is -0.465 e. The predicted octanol–water partition coefficient (Wildman–Crippen LogP) is 5.30. The first-order valence-corrected chi connectivity index (χ1v) is 13.5. The van der Waals surface area contributed by atoms with Crippen LogP contribution in [0.2, 0.25) is 0 Å². The first-order valence-electron chi connectivity index (χ1n) is 12.6. The number of nitrogens with one attached hydrogen (secondary N) is 1. The van der Waals surface area contributed by atoms with Crippen molar-refractivity contribution in [3.8, 4) is 0 Å². The molecular weight excluding hydrogens is 491 g/mol. The number of aromatic nitrogens is 3. The molecule has 3 heterocycles. The second kappa shape index (κ2) is 11.3. The number of piperidine rings is 1. The maximum atomic E-state index is 13.4. The fourth-order valence-electron chi connectivity index (χ4n) is 4.70. The van der Waals surface area contributed by atoms with E-state index in [4.69, 9.17) is 4.98 Å². The van der Waals surface area contributed by atoms with Crippen LogP contribution in [0.3, 0.4) is 0 Å². The Bertz CT molecular complexity index is 1350. The van der Waals surface area contributed by atoms with Gasteiger partial charge in [0.15, 0.2) is 5.13 Å². The Balaban J connectivity index is 1.21. The van der Waals surface area contributed by atoms with E-state index < -0.39 is 6.09 Å². The number of amides is 1. The molecule has 194 valence electrons. The molecule has 0 spiro atoms. The molecule has 0 unspecified atom stereocenters. The molecule has 1 aliphatic heterocycles. The third kappa shape index (κ3) is 5.91. The van der Waals surface area contributed by atoms with Gasteiger partial charge >= 0.3 is 6.09 Å². The summed E-state index contributed by atoms with van der Waals surface area (Å²) in [6.45, 7) is 5.44. The monoisotopic (exact) mass is 522 g/mol. The molecule has 2 N–H and O–H groups in total. The fraction of sp³-hybridized carbons (Fsp3) is 0.370. The zero-order valence-electron chi connectivity index (χ0n) is 20.8. The molecule has 5 rings (SSSR count). The minimum absolute atomic E-state index is 0.242. The van der Waals surface area contributed by atoms with E-state index in [0.717, 1.165) is 60.6 Å². The highest BCUT2D eigenvalue weighted by Crippen LogP contribution is 2.25. The maximum absolute atomic E-state index is 13.4. The van der Waals surface area contributed by atoms with Gasteiger partial charge in [0.1, 0.15) is 5.82 Å². The number of thiazole rings is 1. The molecule has 37 heavy (non-hydrogen) atoms. The highest BCUT2D eigenvalue weighted by Gasteiger charge is 2.24. The molecule has 0 bridgehead atoms. The molecule has 1 aliphatic rings. The number of nitrogens with zero attached hydrogens (tertiary/aromatic N) is 5. The van der Waals surface area contributed by atoms with E-state index in [1.165, 1.54) is 28.4 Å². The van der Waals surface area contributed by atoms with Gasteiger partial charge in [-0.05, 0) is 49.1 Å². The molecule has 1 saturated heterocycles. The van der Waals surface area contributed by atoms with E-state index in [2.05, 4.69) is 25.8 Å². The summed E-state index contributed by atoms with van der Waals surface area (Å²) in [7, 11) is 0. The number of hydrogen-bond acceptors (Lipinski definition) is 6. The van der Waals surface area contributed by atoms with Gasteiger partial charge in [-0.2, -0.15) is 0 Å². The van der Waals surface area contributed by atoms with Crippen molar-refractivity contribution in [2.75, 3.05) is 36.4 Å². The van der Waals surface area contributed by atoms with Crippen molar-refractivity contribution in [2.45, 2.75) is 38.8 Å². The molecule has 10 heteroatoms. The van der Waals surface area contributed by atoms with Gasteiger partial charge in [0.2, 0.25) is 5.95 Å². The second-order valence-electron chi connectivity index (χ2n) is 9.31. The van der Waals surface area contributed by atoms with Gasteiger partial charge < -0.3 is 19.9 Å². The lowest BCUT2D eigenvalue weighted by Crippen LogP contribution is -2.44. The van der Waals surface area contributed by atoms with Gasteiger partial charge in [-0.15, -0.1) is 11.3 Å². The van der Waals surface area contributed by atoms with Crippen molar-refractivity contribution in [2.24, 2.45) is 0 Å². The fourth-order valence-corrected chi connectivity index (χ4v) is 5.63. The molecule has 2 aromatic heterocycles. The number of carbonyl (C=O) groups is 1. The number of benzene rings is 2. The average Bonchev–Trinajstić information content (AvgIpc) is 3.51. The smallest absolute Gasteiger partial charge is 0.413 e. The normalized spacial score (nSPS) is 14.8. The van der Waals surface area contributed by atoms with Crippen LogP contribution in [-0.4, -0.2) is 62.9 Å². The standard InChI is InChI=1S/C27H31FN6O2S/c1-2-21-18-37-26(30-21)33(27(35)36)16-15-32-13-11-22(12-14-32)29-25-31-23-5-3-4-6-24(23)34(25)17-19-7-9-20(28)10-8-19/h3-10,18,22H,2,11-17H2,1H3,(H,29,31)(H,35,36). The van der Waals surface area contributed by atoms with Crippen LogP contribution >= 0.6 is 11.3 Å². The Morgan fingerprint density at radius 1 is 1.16 bits per heavy atom. The van der Waals surface area contributed by atoms with Gasteiger partial charge in [0, 0.05) is 37.6 Å². The van der Waals surface area contributed by atoms with Crippen LogP contribution < -0.4 is 10.2 Å². The zero-order chi connectivity index (χ0) is 25.8.